The van der Waals surface area contributed by atoms with E-state index in [1.807, 2.05) is 210 Å². The van der Waals surface area contributed by atoms with E-state index in [0.29, 0.717) is 40.2 Å². The smallest absolute Gasteiger partial charge is 0.216 e. The Balaban J connectivity index is 0.000000199. The van der Waals surface area contributed by atoms with Gasteiger partial charge in [0.25, 0.3) is 0 Å². The summed E-state index contributed by atoms with van der Waals surface area (Å²) in [6, 6.07) is 111. The van der Waals surface area contributed by atoms with Gasteiger partial charge in [0.05, 0.1) is 22.7 Å². The number of allylic oxidation sites excluding steroid dienone is 2. The third-order valence-corrected chi connectivity index (χ3v) is 22.1. The van der Waals surface area contributed by atoms with Crippen LogP contribution in [-0.4, -0.2) is 55.3 Å². The second-order valence-corrected chi connectivity index (χ2v) is 32.5. The van der Waals surface area contributed by atoms with Gasteiger partial charge in [0.15, 0.2) is 5.78 Å². The summed E-state index contributed by atoms with van der Waals surface area (Å²) in [6.07, 6.45) is 18.7. The van der Waals surface area contributed by atoms with Gasteiger partial charge in [-0.3, -0.25) is 19.2 Å². The standard InChI is InChI=1S/C27H27N2.C20H20FN2.C18H14N.C17H11N2O.C13H24O2.2C11H8N.4Ir/c1-19(2)24-17-23(21-11-7-5-8-12-21)18-25(20(3)4)26(24)29-16-15-28-27(29)22-13-9-6-10-14-22;1-12(2)7-15-5-6-17-18(10-15)22-11-23-20(17)16-8-13(3)19(21)14(4)9-16;1-14-12-18(16-10-6-3-7-11-16)19-13-17(14)15-8-4-2-5-9-15;1-11-8-9-13-12-5-4-6-14(15-7-2-3-10-18-15)16(12)20-17(13)19-11;1-5-10(6-2)12(14)9-13(15)11(7-3)8-4;2*1-2-6-10(7-3-1)11-8-4-5-9-12-11;;;;/h5-13,15-20H,1-4H3;5-6,8,10-12H,7H2,1-4H3;2-10,12-13H,1H3;2-5,7-10H,1H3;9-11,14H,5-8H2,1-4H3;2*1-6,8-9H;;;;/q4*-1;;2*-1;;;;/i;;;1D3;;;;;;;. The summed E-state index contributed by atoms with van der Waals surface area (Å²) in [7, 11) is 0. The Morgan fingerprint density at radius 2 is 1.00 bits per heavy atom. The summed E-state index contributed by atoms with van der Waals surface area (Å²) in [5.41, 5.74) is 24.4. The largest absolute Gasteiger partial charge is 0.512 e. The molecule has 17 heteroatoms. The van der Waals surface area contributed by atoms with Gasteiger partial charge in [-0.25, -0.2) is 9.97 Å². The molecule has 0 fully saturated rings. The number of furan rings is 1. The maximum absolute atomic E-state index is 13.9. The number of rotatable bonds is 20. The first-order valence-electron chi connectivity index (χ1n) is 46.0. The van der Waals surface area contributed by atoms with Crippen LogP contribution < -0.4 is 0 Å². The molecule has 692 valence electrons. The molecule has 0 aliphatic heterocycles. The average Bonchev–Trinajstić information content (AvgIpc) is 1.73. The molecule has 134 heavy (non-hydrogen) atoms. The van der Waals surface area contributed by atoms with E-state index in [9.17, 15) is 14.3 Å². The molecule has 8 aromatic heterocycles. The minimum absolute atomic E-state index is 0. The predicted octanol–water partition coefficient (Wildman–Crippen LogP) is 29.9. The molecule has 0 saturated heterocycles. The van der Waals surface area contributed by atoms with Gasteiger partial charge in [-0.2, -0.15) is 0 Å². The van der Waals surface area contributed by atoms with Gasteiger partial charge >= 0.3 is 0 Å². The summed E-state index contributed by atoms with van der Waals surface area (Å²) in [5, 5.41) is 12.4. The van der Waals surface area contributed by atoms with Crippen molar-refractivity contribution in [2.75, 3.05) is 0 Å². The van der Waals surface area contributed by atoms with Gasteiger partial charge in [0.1, 0.15) is 6.33 Å². The Morgan fingerprint density at radius 3 is 1.50 bits per heavy atom. The molecule has 0 saturated carbocycles. The number of aryl methyl sites for hydroxylation is 4. The molecule has 4 radical (unpaired) electrons. The van der Waals surface area contributed by atoms with Crippen molar-refractivity contribution in [3.63, 3.8) is 0 Å². The van der Waals surface area contributed by atoms with E-state index in [0.717, 1.165) is 121 Å². The van der Waals surface area contributed by atoms with E-state index < -0.39 is 6.85 Å². The summed E-state index contributed by atoms with van der Waals surface area (Å²) >= 11 is 0. The van der Waals surface area contributed by atoms with Crippen molar-refractivity contribution in [1.29, 1.82) is 0 Å². The third-order valence-electron chi connectivity index (χ3n) is 22.1. The molecule has 0 bridgehead atoms. The Labute approximate surface area is 849 Å². The van der Waals surface area contributed by atoms with Crippen molar-refractivity contribution in [3.05, 3.63) is 416 Å². The zero-order valence-corrected chi connectivity index (χ0v) is 87.2. The van der Waals surface area contributed by atoms with Crippen molar-refractivity contribution in [2.24, 2.45) is 17.8 Å². The van der Waals surface area contributed by atoms with Crippen molar-refractivity contribution in [3.8, 4) is 95.6 Å². The Kier molecular flexibility index (Phi) is 41.6. The summed E-state index contributed by atoms with van der Waals surface area (Å²) in [4.78, 5) is 46.7. The number of aliphatic hydroxyl groups excluding tert-OH is 1. The van der Waals surface area contributed by atoms with Crippen LogP contribution in [0.5, 0.6) is 0 Å². The van der Waals surface area contributed by atoms with Gasteiger partial charge in [-0.15, -0.1) is 179 Å². The molecule has 18 rings (SSSR count). The van der Waals surface area contributed by atoms with E-state index >= 15 is 0 Å². The van der Waals surface area contributed by atoms with Crippen LogP contribution in [0.3, 0.4) is 0 Å². The van der Waals surface area contributed by atoms with Gasteiger partial charge in [-0.1, -0.05) is 220 Å². The number of aliphatic hydroxyl groups is 1. The number of hydrogen-bond acceptors (Lipinski definition) is 11. The fraction of sp³-hybridized carbons (Fsp3) is 0.205. The Morgan fingerprint density at radius 1 is 0.478 bits per heavy atom. The van der Waals surface area contributed by atoms with Gasteiger partial charge in [-0.05, 0) is 185 Å². The van der Waals surface area contributed by atoms with E-state index in [4.69, 9.17) is 8.53 Å². The first-order chi connectivity index (χ1) is 64.4. The van der Waals surface area contributed by atoms with Crippen LogP contribution in [0.2, 0.25) is 0 Å². The maximum atomic E-state index is 13.9. The molecule has 0 unspecified atom stereocenters. The summed E-state index contributed by atoms with van der Waals surface area (Å²) in [6.45, 7) is 24.9. The zero-order chi connectivity index (χ0) is 94.3. The maximum Gasteiger partial charge on any atom is 0.216 e. The van der Waals surface area contributed by atoms with E-state index in [2.05, 4.69) is 220 Å². The van der Waals surface area contributed by atoms with Crippen LogP contribution in [0.15, 0.2) is 339 Å². The number of halogens is 1. The number of imidazole rings is 1. The Bertz CT molecular complexity index is 6560. The van der Waals surface area contributed by atoms with Crippen LogP contribution in [0.1, 0.15) is 150 Å². The molecule has 1 N–H and O–H groups in total. The van der Waals surface area contributed by atoms with Crippen molar-refractivity contribution in [2.45, 2.75) is 141 Å². The molecule has 0 spiro atoms. The second-order valence-electron chi connectivity index (χ2n) is 32.5. The minimum Gasteiger partial charge on any atom is -0.512 e. The summed E-state index contributed by atoms with van der Waals surface area (Å²) < 4.78 is 44.4. The molecular formula is C117H112FIr4N9O3-6. The second kappa shape index (κ2) is 54.4. The molecule has 0 aliphatic carbocycles. The van der Waals surface area contributed by atoms with E-state index in [1.54, 1.807) is 57.0 Å². The predicted molar refractivity (Wildman–Crippen MR) is 531 cm³/mol. The zero-order valence-electron chi connectivity index (χ0n) is 80.6. The van der Waals surface area contributed by atoms with Gasteiger partial charge < -0.3 is 34.0 Å². The fourth-order valence-electron chi connectivity index (χ4n) is 15.2. The van der Waals surface area contributed by atoms with Gasteiger partial charge in [0, 0.05) is 168 Å². The number of carbonyl (C=O) groups is 1. The van der Waals surface area contributed by atoms with Gasteiger partial charge in [0.2, 0.25) is 5.71 Å². The molecule has 10 aromatic carbocycles. The summed E-state index contributed by atoms with van der Waals surface area (Å²) in [5.74, 6) is 2.66. The number of aromatic nitrogens is 9. The first kappa shape index (κ1) is 103. The van der Waals surface area contributed by atoms with E-state index in [1.165, 1.54) is 62.3 Å². The van der Waals surface area contributed by atoms with Crippen molar-refractivity contribution >= 4 is 38.8 Å². The number of fused-ring (bicyclic) bond motifs is 4. The number of carbonyl (C=O) groups excluding carboxylic acids is 1. The molecule has 0 amide bonds. The topological polar surface area (TPSA) is 158 Å². The van der Waals surface area contributed by atoms with Crippen LogP contribution in [0, 0.1) is 87.6 Å². The fourth-order valence-corrected chi connectivity index (χ4v) is 15.2. The van der Waals surface area contributed by atoms with Crippen LogP contribution >= 0.6 is 0 Å². The van der Waals surface area contributed by atoms with E-state index in [-0.39, 0.29) is 115 Å². The first-order valence-corrected chi connectivity index (χ1v) is 44.5. The average molecular weight is 2480 g/mol. The monoisotopic (exact) mass is 2480 g/mol. The molecule has 18 aromatic rings. The van der Waals surface area contributed by atoms with Crippen LogP contribution in [0.4, 0.5) is 4.39 Å². The molecule has 0 atom stereocenters. The SMILES string of the molecule is CC(C)c1cc(-c2ccccc2)cc(C(C)C)c1-n1ccnc1-c1[c-]cccc1.CCC(CC)C(=O)C=C(O)C(CC)CC.Cc1[c-]c(-c2ncnc3cc(CC(C)C)ccc23)cc(C)c1F.Cc1cc(-c2[c-]cccc2)ncc1-c1ccccc1.[2H]C([2H])([2H])c1ccc2c(n1)oc1c(-c3ccccn3)[c-]ccc12.[Ir].[Ir].[Ir].[Ir].[c-]1ccccc1-c1ccccn1.[c-]1ccccc1-c1ccccn1. The Hall–Kier alpha value is -12.0. The number of ketones is 1. The molecule has 12 nitrogen and oxygen atoms in total. The number of benzene rings is 10. The van der Waals surface area contributed by atoms with Crippen molar-refractivity contribution in [1.82, 2.24) is 44.4 Å². The number of hydrogen-bond donors (Lipinski definition) is 1. The third kappa shape index (κ3) is 29.3. The number of nitrogens with zero attached hydrogens (tertiary/aromatic N) is 9. The van der Waals surface area contributed by atoms with Crippen molar-refractivity contribution < 1.29 is 103 Å². The minimum atomic E-state index is -2.26. The normalized spacial score (nSPS) is 11.1. The molecular weight excluding hydrogens is 2370 g/mol. The van der Waals surface area contributed by atoms with Crippen LogP contribution in [0.25, 0.3) is 129 Å². The van der Waals surface area contributed by atoms with Crippen LogP contribution in [-0.2, 0) is 91.6 Å². The molecule has 0 aliphatic rings. The number of pyridine rings is 5. The quantitative estimate of drug-likeness (QED) is 0.0440. The molecule has 8 heterocycles.